The molecule has 148 valence electrons. The number of hydrogen-bond donors (Lipinski definition) is 2. The second kappa shape index (κ2) is 6.99. The van der Waals surface area contributed by atoms with Gasteiger partial charge in [0.2, 0.25) is 0 Å². The number of aromatic carboxylic acids is 1. The highest BCUT2D eigenvalue weighted by Gasteiger charge is 2.46. The van der Waals surface area contributed by atoms with E-state index < -0.39 is 17.2 Å². The number of carboxylic acids is 1. The van der Waals surface area contributed by atoms with Crippen LogP contribution in [0.4, 0.5) is 0 Å². The Labute approximate surface area is 167 Å². The Morgan fingerprint density at radius 2 is 1.89 bits per heavy atom. The lowest BCUT2D eigenvalue weighted by atomic mass is 9.84. The van der Waals surface area contributed by atoms with Gasteiger partial charge in [0, 0.05) is 18.0 Å². The fourth-order valence-electron chi connectivity index (χ4n) is 4.16. The number of ether oxygens (including phenoxy) is 1. The number of carbonyl (C=O) groups is 2. The standard InChI is InChI=1S/C21H23NO5S/c1-20(26,15-5-3-2-4-6-15)19(25)22-10-8-21(9-11-22)17-14(7-12-27-21)13-16(28-17)18(23)24/h2-6,13,26H,7-12H2,1H3,(H,23,24). The Hall–Kier alpha value is -2.22. The third kappa shape index (κ3) is 3.13. The van der Waals surface area contributed by atoms with E-state index in [1.54, 1.807) is 35.2 Å². The third-order valence-electron chi connectivity index (χ3n) is 5.79. The minimum atomic E-state index is -1.58. The second-order valence-electron chi connectivity index (χ2n) is 7.59. The van der Waals surface area contributed by atoms with Crippen LogP contribution in [0.3, 0.4) is 0 Å². The molecular weight excluding hydrogens is 378 g/mol. The minimum absolute atomic E-state index is 0.318. The summed E-state index contributed by atoms with van der Waals surface area (Å²) in [6.45, 7) is 3.00. The van der Waals surface area contributed by atoms with Gasteiger partial charge in [-0.1, -0.05) is 30.3 Å². The number of aliphatic hydroxyl groups is 1. The first kappa shape index (κ1) is 19.1. The van der Waals surface area contributed by atoms with Gasteiger partial charge in [0.15, 0.2) is 5.60 Å². The van der Waals surface area contributed by atoms with E-state index in [1.807, 2.05) is 6.07 Å². The van der Waals surface area contributed by atoms with Crippen LogP contribution in [0.5, 0.6) is 0 Å². The quantitative estimate of drug-likeness (QED) is 0.826. The normalized spacial score (nSPS) is 20.4. The number of thiophene rings is 1. The molecule has 1 spiro atoms. The molecule has 2 aliphatic rings. The summed E-state index contributed by atoms with van der Waals surface area (Å²) in [5.41, 5.74) is -0.490. The Morgan fingerprint density at radius 3 is 2.54 bits per heavy atom. The van der Waals surface area contributed by atoms with E-state index in [1.165, 1.54) is 18.3 Å². The topological polar surface area (TPSA) is 87.1 Å². The molecule has 1 fully saturated rings. The molecule has 0 saturated carbocycles. The van der Waals surface area contributed by atoms with Crippen molar-refractivity contribution in [3.63, 3.8) is 0 Å². The maximum Gasteiger partial charge on any atom is 0.345 e. The Kier molecular flexibility index (Phi) is 4.77. The third-order valence-corrected chi connectivity index (χ3v) is 7.14. The van der Waals surface area contributed by atoms with Crippen LogP contribution in [0.1, 0.15) is 45.4 Å². The van der Waals surface area contributed by atoms with Gasteiger partial charge in [0.1, 0.15) is 10.5 Å². The van der Waals surface area contributed by atoms with E-state index in [9.17, 15) is 19.8 Å². The van der Waals surface area contributed by atoms with Crippen molar-refractivity contribution in [1.29, 1.82) is 0 Å². The lowest BCUT2D eigenvalue weighted by Crippen LogP contribution is -2.52. The number of fused-ring (bicyclic) bond motifs is 2. The predicted molar refractivity (Wildman–Crippen MR) is 104 cm³/mol. The van der Waals surface area contributed by atoms with Crippen LogP contribution in [0.15, 0.2) is 36.4 Å². The van der Waals surface area contributed by atoms with Crippen molar-refractivity contribution in [3.8, 4) is 0 Å². The number of nitrogens with zero attached hydrogens (tertiary/aromatic N) is 1. The molecule has 2 aliphatic heterocycles. The molecule has 1 amide bonds. The average Bonchev–Trinajstić information content (AvgIpc) is 3.15. The number of rotatable bonds is 3. The zero-order valence-corrected chi connectivity index (χ0v) is 16.5. The molecule has 1 saturated heterocycles. The fourth-order valence-corrected chi connectivity index (χ4v) is 5.41. The molecule has 0 aliphatic carbocycles. The zero-order chi connectivity index (χ0) is 19.9. The van der Waals surface area contributed by atoms with E-state index in [4.69, 9.17) is 4.74 Å². The molecule has 0 bridgehead atoms. The van der Waals surface area contributed by atoms with Crippen LogP contribution in [-0.2, 0) is 27.2 Å². The van der Waals surface area contributed by atoms with Crippen molar-refractivity contribution < 1.29 is 24.5 Å². The summed E-state index contributed by atoms with van der Waals surface area (Å²) >= 11 is 1.28. The van der Waals surface area contributed by atoms with Crippen LogP contribution in [0.25, 0.3) is 0 Å². The van der Waals surface area contributed by atoms with Crippen molar-refractivity contribution in [2.75, 3.05) is 19.7 Å². The Morgan fingerprint density at radius 1 is 1.21 bits per heavy atom. The highest BCUT2D eigenvalue weighted by Crippen LogP contribution is 2.45. The van der Waals surface area contributed by atoms with Crippen molar-refractivity contribution in [2.45, 2.75) is 37.4 Å². The van der Waals surface area contributed by atoms with Gasteiger partial charge < -0.3 is 19.8 Å². The van der Waals surface area contributed by atoms with E-state index in [0.29, 0.717) is 49.4 Å². The van der Waals surface area contributed by atoms with Crippen molar-refractivity contribution >= 4 is 23.2 Å². The van der Waals surface area contributed by atoms with Gasteiger partial charge in [-0.15, -0.1) is 11.3 Å². The van der Waals surface area contributed by atoms with Gasteiger partial charge in [-0.25, -0.2) is 4.79 Å². The first-order valence-corrected chi connectivity index (χ1v) is 10.2. The Balaban J connectivity index is 1.53. The van der Waals surface area contributed by atoms with Crippen LogP contribution in [0.2, 0.25) is 0 Å². The molecule has 1 unspecified atom stereocenters. The predicted octanol–water partition coefficient (Wildman–Crippen LogP) is 2.74. The lowest BCUT2D eigenvalue weighted by molar-refractivity contribution is -0.158. The van der Waals surface area contributed by atoms with Crippen LogP contribution < -0.4 is 0 Å². The molecule has 28 heavy (non-hydrogen) atoms. The van der Waals surface area contributed by atoms with Crippen LogP contribution in [-0.4, -0.2) is 46.7 Å². The summed E-state index contributed by atoms with van der Waals surface area (Å²) in [7, 11) is 0. The average molecular weight is 401 g/mol. The number of likely N-dealkylation sites (tertiary alicyclic amines) is 1. The minimum Gasteiger partial charge on any atom is -0.477 e. The first-order chi connectivity index (χ1) is 13.3. The van der Waals surface area contributed by atoms with Gasteiger partial charge in [0.25, 0.3) is 5.91 Å². The molecule has 1 aromatic heterocycles. The van der Waals surface area contributed by atoms with Crippen molar-refractivity contribution in [3.05, 3.63) is 57.3 Å². The Bertz CT molecular complexity index is 897. The molecule has 4 rings (SSSR count). The largest absolute Gasteiger partial charge is 0.477 e. The van der Waals surface area contributed by atoms with Crippen LogP contribution >= 0.6 is 11.3 Å². The molecule has 6 nitrogen and oxygen atoms in total. The van der Waals surface area contributed by atoms with Gasteiger partial charge in [0.05, 0.1) is 6.61 Å². The van der Waals surface area contributed by atoms with E-state index >= 15 is 0 Å². The molecule has 2 N–H and O–H groups in total. The van der Waals surface area contributed by atoms with Gasteiger partial charge in [-0.05, 0) is 43.4 Å². The van der Waals surface area contributed by atoms with E-state index in [2.05, 4.69) is 0 Å². The SMILES string of the molecule is CC(O)(C(=O)N1CCC2(CC1)OCCc1cc(C(=O)O)sc12)c1ccccc1. The number of carboxylic acid groups (broad SMARTS) is 1. The summed E-state index contributed by atoms with van der Waals surface area (Å²) in [4.78, 5) is 27.4. The fraction of sp³-hybridized carbons (Fsp3) is 0.429. The highest BCUT2D eigenvalue weighted by molar-refractivity contribution is 7.14. The summed E-state index contributed by atoms with van der Waals surface area (Å²) in [5.74, 6) is -1.23. The monoisotopic (exact) mass is 401 g/mol. The van der Waals surface area contributed by atoms with Gasteiger partial charge >= 0.3 is 5.97 Å². The summed E-state index contributed by atoms with van der Waals surface area (Å²) in [6.07, 6.45) is 1.90. The summed E-state index contributed by atoms with van der Waals surface area (Å²) in [5, 5.41) is 20.2. The molecule has 0 radical (unpaired) electrons. The number of piperidine rings is 1. The molecule has 2 aromatic rings. The zero-order valence-electron chi connectivity index (χ0n) is 15.7. The number of benzene rings is 1. The highest BCUT2D eigenvalue weighted by atomic mass is 32.1. The molecular formula is C21H23NO5S. The summed E-state index contributed by atoms with van der Waals surface area (Å²) in [6, 6.07) is 10.7. The van der Waals surface area contributed by atoms with E-state index in [0.717, 1.165) is 10.4 Å². The molecule has 7 heteroatoms. The number of hydrogen-bond acceptors (Lipinski definition) is 5. The summed E-state index contributed by atoms with van der Waals surface area (Å²) < 4.78 is 6.14. The van der Waals surface area contributed by atoms with Crippen molar-refractivity contribution in [2.24, 2.45) is 0 Å². The number of carbonyl (C=O) groups excluding carboxylic acids is 1. The maximum absolute atomic E-state index is 13.0. The smallest absolute Gasteiger partial charge is 0.345 e. The molecule has 1 atom stereocenters. The first-order valence-electron chi connectivity index (χ1n) is 9.41. The van der Waals surface area contributed by atoms with Gasteiger partial charge in [-0.2, -0.15) is 0 Å². The lowest BCUT2D eigenvalue weighted by Gasteiger charge is -2.45. The maximum atomic E-state index is 13.0. The number of amides is 1. The second-order valence-corrected chi connectivity index (χ2v) is 8.65. The molecule has 1 aromatic carbocycles. The van der Waals surface area contributed by atoms with Crippen molar-refractivity contribution in [1.82, 2.24) is 4.90 Å². The van der Waals surface area contributed by atoms with E-state index in [-0.39, 0.29) is 5.91 Å². The molecule has 3 heterocycles. The van der Waals surface area contributed by atoms with Gasteiger partial charge in [-0.3, -0.25) is 4.79 Å². The van der Waals surface area contributed by atoms with Crippen LogP contribution in [0, 0.1) is 0 Å².